The van der Waals surface area contributed by atoms with E-state index in [0.29, 0.717) is 40.3 Å². The molecule has 40 heavy (non-hydrogen) atoms. The number of aliphatic hydroxyl groups is 1. The van der Waals surface area contributed by atoms with Crippen LogP contribution in [0.1, 0.15) is 68.6 Å². The predicted molar refractivity (Wildman–Crippen MR) is 145 cm³/mol. The van der Waals surface area contributed by atoms with Gasteiger partial charge in [0.1, 0.15) is 17.6 Å². The number of hydrogen-bond acceptors (Lipinski definition) is 10. The highest BCUT2D eigenvalue weighted by Gasteiger charge is 2.55. The van der Waals surface area contributed by atoms with Crippen molar-refractivity contribution in [1.29, 1.82) is 0 Å². The van der Waals surface area contributed by atoms with Crippen LogP contribution in [0.3, 0.4) is 0 Å². The minimum Gasteiger partial charge on any atom is -0.493 e. The third-order valence-corrected chi connectivity index (χ3v) is 9.24. The number of esters is 1. The van der Waals surface area contributed by atoms with Crippen LogP contribution in [-0.2, 0) is 21.0 Å². The van der Waals surface area contributed by atoms with Crippen molar-refractivity contribution in [3.05, 3.63) is 47.0 Å². The normalized spacial score (nSPS) is 28.1. The number of rotatable bonds is 8. The summed E-state index contributed by atoms with van der Waals surface area (Å²) in [6.07, 6.45) is 4.26. The molecule has 3 aliphatic rings. The molecular formula is C30H35N3O7. The van der Waals surface area contributed by atoms with Crippen LogP contribution >= 0.6 is 0 Å². The molecule has 0 saturated heterocycles. The van der Waals surface area contributed by atoms with Crippen LogP contribution in [0.4, 0.5) is 0 Å². The summed E-state index contributed by atoms with van der Waals surface area (Å²) in [5, 5.41) is 23.3. The van der Waals surface area contributed by atoms with Crippen LogP contribution < -0.4 is 9.47 Å². The summed E-state index contributed by atoms with van der Waals surface area (Å²) in [4.78, 5) is 17.9. The molecule has 0 spiro atoms. The maximum atomic E-state index is 12.0. The third kappa shape index (κ3) is 4.68. The molecular weight excluding hydrogens is 514 g/mol. The molecule has 3 aromatic rings. The highest BCUT2D eigenvalue weighted by atomic mass is 16.6. The first-order valence-electron chi connectivity index (χ1n) is 14.0. The van der Waals surface area contributed by atoms with Crippen molar-refractivity contribution >= 4 is 22.7 Å². The summed E-state index contributed by atoms with van der Waals surface area (Å²) in [6.45, 7) is 4.34. The molecule has 0 amide bonds. The van der Waals surface area contributed by atoms with Gasteiger partial charge in [0.15, 0.2) is 18.1 Å². The van der Waals surface area contributed by atoms with Crippen LogP contribution in [0.25, 0.3) is 11.0 Å². The fraction of sp³-hybridized carbons (Fsp3) is 0.533. The van der Waals surface area contributed by atoms with E-state index in [-0.39, 0.29) is 31.3 Å². The number of methoxy groups -OCH3 is 1. The highest BCUT2D eigenvalue weighted by Crippen LogP contribution is 2.61. The number of nitrogens with zero attached hydrogens (tertiary/aromatic N) is 3. The number of benzene rings is 2. The standard InChI is InChI=1S/C30H35N3O7/c1-4-37-29(35)16-38-27-14-21-19(13-26(27)36-3)18-9-10-30(2)22(6-8-28(30)34)20(18)12-24(21)31-39-15-17-5-7-23-25(11-17)33-40-32-23/h5,7,11,13-14,18,20,22,28,34H,4,6,8-10,12,15-16H2,1-3H3/b31-24+. The maximum absolute atomic E-state index is 12.0. The summed E-state index contributed by atoms with van der Waals surface area (Å²) in [7, 11) is 1.60. The largest absolute Gasteiger partial charge is 0.493 e. The lowest BCUT2D eigenvalue weighted by atomic mass is 9.55. The first-order valence-corrected chi connectivity index (χ1v) is 14.0. The van der Waals surface area contributed by atoms with Crippen molar-refractivity contribution in [2.75, 3.05) is 20.3 Å². The van der Waals surface area contributed by atoms with E-state index in [2.05, 4.69) is 22.4 Å². The third-order valence-electron chi connectivity index (χ3n) is 9.24. The van der Waals surface area contributed by atoms with Crippen molar-refractivity contribution < 1.29 is 33.6 Å². The Hall–Kier alpha value is -3.66. The van der Waals surface area contributed by atoms with Crippen LogP contribution in [0.15, 0.2) is 40.1 Å². The number of oxime groups is 1. The van der Waals surface area contributed by atoms with E-state index >= 15 is 0 Å². The van der Waals surface area contributed by atoms with Crippen molar-refractivity contribution in [2.24, 2.45) is 22.4 Å². The van der Waals surface area contributed by atoms with Gasteiger partial charge in [-0.05, 0) is 108 Å². The maximum Gasteiger partial charge on any atom is 0.344 e. The molecule has 0 bridgehead atoms. The quantitative estimate of drug-likeness (QED) is 0.312. The molecule has 2 saturated carbocycles. The zero-order chi connectivity index (χ0) is 27.9. The van der Waals surface area contributed by atoms with E-state index in [1.54, 1.807) is 14.0 Å². The molecule has 10 nitrogen and oxygen atoms in total. The van der Waals surface area contributed by atoms with Gasteiger partial charge in [-0.25, -0.2) is 9.42 Å². The zero-order valence-electron chi connectivity index (χ0n) is 23.1. The van der Waals surface area contributed by atoms with Gasteiger partial charge in [0.25, 0.3) is 0 Å². The molecule has 5 unspecified atom stereocenters. The van der Waals surface area contributed by atoms with Crippen molar-refractivity contribution in [2.45, 2.75) is 64.6 Å². The number of aromatic nitrogens is 2. The number of aliphatic hydroxyl groups excluding tert-OH is 1. The Morgan fingerprint density at radius 3 is 2.83 bits per heavy atom. The minimum absolute atomic E-state index is 0.0849. The fourth-order valence-corrected chi connectivity index (χ4v) is 7.20. The molecule has 0 aliphatic heterocycles. The monoisotopic (exact) mass is 549 g/mol. The second-order valence-electron chi connectivity index (χ2n) is 11.3. The van der Waals surface area contributed by atoms with Gasteiger partial charge in [-0.15, -0.1) is 0 Å². The van der Waals surface area contributed by atoms with Gasteiger partial charge in [0.2, 0.25) is 0 Å². The van der Waals surface area contributed by atoms with Gasteiger partial charge < -0.3 is 24.2 Å². The SMILES string of the molecule is CCOC(=O)COc1cc2c(cc1OC)C1CCC3(C)C(O)CCC3C1C/C2=N\OCc1ccc2nonc2c1. The summed E-state index contributed by atoms with van der Waals surface area (Å²) in [6, 6.07) is 9.57. The lowest BCUT2D eigenvalue weighted by Gasteiger charge is -2.50. The number of ether oxygens (including phenoxy) is 3. The molecule has 3 aliphatic carbocycles. The van der Waals surface area contributed by atoms with Gasteiger partial charge in [-0.1, -0.05) is 18.1 Å². The summed E-state index contributed by atoms with van der Waals surface area (Å²) >= 11 is 0. The minimum atomic E-state index is -0.440. The van der Waals surface area contributed by atoms with Crippen molar-refractivity contribution in [3.8, 4) is 11.5 Å². The molecule has 10 heteroatoms. The Morgan fingerprint density at radius 2 is 2.00 bits per heavy atom. The summed E-state index contributed by atoms with van der Waals surface area (Å²) in [5.41, 5.74) is 5.09. The van der Waals surface area contributed by atoms with E-state index in [0.717, 1.165) is 54.5 Å². The molecule has 1 N–H and O–H groups in total. The van der Waals surface area contributed by atoms with Crippen LogP contribution in [0, 0.1) is 17.3 Å². The number of carbonyl (C=O) groups excluding carboxylic acids is 1. The fourth-order valence-electron chi connectivity index (χ4n) is 7.20. The van der Waals surface area contributed by atoms with Crippen LogP contribution in [-0.4, -0.2) is 53.5 Å². The lowest BCUT2D eigenvalue weighted by molar-refractivity contribution is -0.145. The van der Waals surface area contributed by atoms with Gasteiger partial charge in [0.05, 0.1) is 25.5 Å². The number of carbonyl (C=O) groups is 1. The Bertz CT molecular complexity index is 1440. The Morgan fingerprint density at radius 1 is 1.15 bits per heavy atom. The Balaban J connectivity index is 1.33. The Kier molecular flexibility index (Phi) is 7.12. The number of hydrogen-bond donors (Lipinski definition) is 1. The van der Waals surface area contributed by atoms with Crippen molar-refractivity contribution in [3.63, 3.8) is 0 Å². The number of fused-ring (bicyclic) bond motifs is 6. The topological polar surface area (TPSA) is 126 Å². The molecule has 5 atom stereocenters. The smallest absolute Gasteiger partial charge is 0.344 e. The molecule has 6 rings (SSSR count). The molecule has 1 aromatic heterocycles. The zero-order valence-corrected chi connectivity index (χ0v) is 23.1. The molecule has 2 aromatic carbocycles. The van der Waals surface area contributed by atoms with Gasteiger partial charge in [0, 0.05) is 5.56 Å². The predicted octanol–water partition coefficient (Wildman–Crippen LogP) is 4.77. The molecule has 2 fully saturated rings. The van der Waals surface area contributed by atoms with E-state index in [1.807, 2.05) is 30.3 Å². The molecule has 212 valence electrons. The van der Waals surface area contributed by atoms with Crippen LogP contribution in [0.5, 0.6) is 11.5 Å². The van der Waals surface area contributed by atoms with E-state index in [4.69, 9.17) is 23.7 Å². The average Bonchev–Trinajstić information content (AvgIpc) is 3.55. The molecule has 0 radical (unpaired) electrons. The summed E-state index contributed by atoms with van der Waals surface area (Å²) in [5.74, 6) is 1.63. The van der Waals surface area contributed by atoms with Gasteiger partial charge in [-0.3, -0.25) is 0 Å². The van der Waals surface area contributed by atoms with Gasteiger partial charge in [-0.2, -0.15) is 0 Å². The first kappa shape index (κ1) is 26.6. The van der Waals surface area contributed by atoms with Crippen molar-refractivity contribution in [1.82, 2.24) is 10.3 Å². The first-order chi connectivity index (χ1) is 19.4. The average molecular weight is 550 g/mol. The second-order valence-corrected chi connectivity index (χ2v) is 11.3. The van der Waals surface area contributed by atoms with E-state index in [9.17, 15) is 9.90 Å². The van der Waals surface area contributed by atoms with Gasteiger partial charge >= 0.3 is 5.97 Å². The summed E-state index contributed by atoms with van der Waals surface area (Å²) < 4.78 is 21.4. The van der Waals surface area contributed by atoms with Crippen LogP contribution in [0.2, 0.25) is 0 Å². The molecule has 1 heterocycles. The highest BCUT2D eigenvalue weighted by molar-refractivity contribution is 6.03. The Labute approximate surface area is 232 Å². The van der Waals surface area contributed by atoms with E-state index in [1.165, 1.54) is 0 Å². The lowest BCUT2D eigenvalue weighted by Crippen LogP contribution is -2.45. The second kappa shape index (κ2) is 10.7. The van der Waals surface area contributed by atoms with E-state index < -0.39 is 5.97 Å².